The molecule has 6 heteroatoms. The summed E-state index contributed by atoms with van der Waals surface area (Å²) in [6.45, 7) is -0.0719. The lowest BCUT2D eigenvalue weighted by Crippen LogP contribution is -2.31. The second kappa shape index (κ2) is 8.97. The van der Waals surface area contributed by atoms with Crippen LogP contribution in [-0.4, -0.2) is 42.8 Å². The monoisotopic (exact) mass is 342 g/mol. The van der Waals surface area contributed by atoms with Gasteiger partial charge in [-0.1, -0.05) is 12.1 Å². The second-order valence-electron chi connectivity index (χ2n) is 6.14. The average molecular weight is 342 g/mol. The number of aryl methyl sites for hydroxylation is 2. The molecule has 25 heavy (non-hydrogen) atoms. The molecule has 6 nitrogen and oxygen atoms in total. The Morgan fingerprint density at radius 2 is 1.96 bits per heavy atom. The first-order valence-corrected chi connectivity index (χ1v) is 8.43. The van der Waals surface area contributed by atoms with Crippen LogP contribution in [-0.2, 0) is 27.2 Å². The van der Waals surface area contributed by atoms with Crippen molar-refractivity contribution in [2.24, 2.45) is 0 Å². The fourth-order valence-corrected chi connectivity index (χ4v) is 2.77. The van der Waals surface area contributed by atoms with E-state index < -0.39 is 5.97 Å². The van der Waals surface area contributed by atoms with Gasteiger partial charge in [0.2, 0.25) is 0 Å². The maximum Gasteiger partial charge on any atom is 0.306 e. The lowest BCUT2D eigenvalue weighted by Gasteiger charge is -2.15. The van der Waals surface area contributed by atoms with Gasteiger partial charge in [0, 0.05) is 25.6 Å². The summed E-state index contributed by atoms with van der Waals surface area (Å²) >= 11 is 0. The van der Waals surface area contributed by atoms with Crippen molar-refractivity contribution in [2.45, 2.75) is 38.5 Å². The zero-order valence-electron chi connectivity index (χ0n) is 14.4. The molecule has 0 radical (unpaired) electrons. The summed E-state index contributed by atoms with van der Waals surface area (Å²) in [6.07, 6.45) is 3.43. The van der Waals surface area contributed by atoms with E-state index >= 15 is 0 Å². The molecule has 0 aliphatic heterocycles. The number of nitriles is 1. The van der Waals surface area contributed by atoms with Gasteiger partial charge in [0.1, 0.15) is 0 Å². The maximum atomic E-state index is 12.2. The second-order valence-corrected chi connectivity index (χ2v) is 6.14. The van der Waals surface area contributed by atoms with E-state index in [1.54, 1.807) is 7.05 Å². The van der Waals surface area contributed by atoms with Gasteiger partial charge in [-0.2, -0.15) is 5.26 Å². The largest absolute Gasteiger partial charge is 0.456 e. The van der Waals surface area contributed by atoms with Gasteiger partial charge in [-0.05, 0) is 36.5 Å². The Hall–Kier alpha value is -2.68. The molecule has 132 valence electrons. The van der Waals surface area contributed by atoms with Gasteiger partial charge >= 0.3 is 5.97 Å². The van der Waals surface area contributed by atoms with Crippen LogP contribution in [0.4, 0.5) is 0 Å². The molecular formula is C19H22N2O4. The number of Topliss-reactive ketones (excluding diaryl/α,β-unsaturated/α-hetero) is 1. The Kier molecular flexibility index (Phi) is 6.70. The highest BCUT2D eigenvalue weighted by atomic mass is 16.5. The summed E-state index contributed by atoms with van der Waals surface area (Å²) < 4.78 is 4.90. The van der Waals surface area contributed by atoms with E-state index in [9.17, 15) is 14.4 Å². The first kappa shape index (κ1) is 18.7. The molecule has 0 heterocycles. The third-order valence-corrected chi connectivity index (χ3v) is 4.32. The molecule has 0 atom stereocenters. The first-order chi connectivity index (χ1) is 12.0. The lowest BCUT2D eigenvalue weighted by molar-refractivity contribution is -0.151. The molecule has 1 aliphatic carbocycles. The van der Waals surface area contributed by atoms with E-state index in [4.69, 9.17) is 10.00 Å². The summed E-state index contributed by atoms with van der Waals surface area (Å²) in [4.78, 5) is 36.9. The zero-order chi connectivity index (χ0) is 18.2. The molecule has 0 N–H and O–H groups in total. The molecule has 2 rings (SSSR count). The van der Waals surface area contributed by atoms with Crippen molar-refractivity contribution in [2.75, 3.05) is 20.2 Å². The smallest absolute Gasteiger partial charge is 0.306 e. The van der Waals surface area contributed by atoms with Crippen LogP contribution in [0, 0.1) is 11.3 Å². The highest BCUT2D eigenvalue weighted by molar-refractivity contribution is 5.97. The highest BCUT2D eigenvalue weighted by Crippen LogP contribution is 2.23. The normalized spacial score (nSPS) is 12.2. The minimum atomic E-state index is -0.573. The molecule has 1 aromatic rings. The van der Waals surface area contributed by atoms with Crippen LogP contribution in [0.3, 0.4) is 0 Å². The fraction of sp³-hybridized carbons (Fsp3) is 0.474. The molecule has 0 bridgehead atoms. The predicted molar refractivity (Wildman–Crippen MR) is 90.9 cm³/mol. The van der Waals surface area contributed by atoms with E-state index in [1.807, 2.05) is 24.3 Å². The van der Waals surface area contributed by atoms with Crippen LogP contribution in [0.15, 0.2) is 18.2 Å². The Bertz CT molecular complexity index is 706. The van der Waals surface area contributed by atoms with E-state index in [0.29, 0.717) is 12.1 Å². The number of ketones is 1. The van der Waals surface area contributed by atoms with Crippen molar-refractivity contribution in [3.63, 3.8) is 0 Å². The fourth-order valence-electron chi connectivity index (χ4n) is 2.77. The molecule has 0 saturated heterocycles. The number of hydrogen-bond acceptors (Lipinski definition) is 5. The van der Waals surface area contributed by atoms with Crippen LogP contribution in [0.1, 0.15) is 47.2 Å². The van der Waals surface area contributed by atoms with Gasteiger partial charge in [-0.3, -0.25) is 14.4 Å². The number of likely N-dealkylation sites (N-methyl/N-ethyl adjacent to an activating group) is 1. The summed E-state index contributed by atoms with van der Waals surface area (Å²) in [5.41, 5.74) is 3.15. The zero-order valence-corrected chi connectivity index (χ0v) is 14.4. The van der Waals surface area contributed by atoms with Crippen molar-refractivity contribution in [1.82, 2.24) is 4.90 Å². The van der Waals surface area contributed by atoms with Crippen LogP contribution in [0.25, 0.3) is 0 Å². The number of esters is 1. The van der Waals surface area contributed by atoms with Crippen molar-refractivity contribution in [3.05, 3.63) is 34.9 Å². The van der Waals surface area contributed by atoms with Crippen molar-refractivity contribution in [1.29, 1.82) is 5.26 Å². The Morgan fingerprint density at radius 1 is 1.20 bits per heavy atom. The third kappa shape index (κ3) is 5.42. The molecular weight excluding hydrogens is 320 g/mol. The van der Waals surface area contributed by atoms with Crippen LogP contribution in [0.5, 0.6) is 0 Å². The van der Waals surface area contributed by atoms with Crippen LogP contribution in [0.2, 0.25) is 0 Å². The number of amides is 1. The minimum Gasteiger partial charge on any atom is -0.456 e. The molecule has 0 saturated carbocycles. The number of fused-ring (bicyclic) bond motifs is 1. The molecule has 0 aromatic heterocycles. The number of carbonyl (C=O) groups excluding carboxylic acids is 3. The van der Waals surface area contributed by atoms with E-state index in [-0.39, 0.29) is 37.6 Å². The molecule has 0 fully saturated rings. The van der Waals surface area contributed by atoms with Crippen LogP contribution < -0.4 is 0 Å². The Morgan fingerprint density at radius 3 is 2.72 bits per heavy atom. The van der Waals surface area contributed by atoms with Crippen molar-refractivity contribution >= 4 is 17.7 Å². The first-order valence-electron chi connectivity index (χ1n) is 8.43. The minimum absolute atomic E-state index is 0.0505. The maximum absolute atomic E-state index is 12.2. The number of hydrogen-bond donors (Lipinski definition) is 0. The standard InChI is InChI=1S/C19H22N2O4/c1-21(11-3-10-20)18(23)13-25-19(24)9-8-17(22)16-7-6-14-4-2-5-15(14)12-16/h6-7,12H,2-5,8-9,11,13H2,1H3. The van der Waals surface area contributed by atoms with Gasteiger partial charge in [-0.25, -0.2) is 0 Å². The number of ether oxygens (including phenoxy) is 1. The van der Waals surface area contributed by atoms with Gasteiger partial charge in [-0.15, -0.1) is 0 Å². The van der Waals surface area contributed by atoms with Crippen molar-refractivity contribution < 1.29 is 19.1 Å². The average Bonchev–Trinajstić information content (AvgIpc) is 3.09. The summed E-state index contributed by atoms with van der Waals surface area (Å²) in [5, 5.41) is 8.48. The summed E-state index contributed by atoms with van der Waals surface area (Å²) in [7, 11) is 1.55. The third-order valence-electron chi connectivity index (χ3n) is 4.32. The van der Waals surface area contributed by atoms with E-state index in [0.717, 1.165) is 19.3 Å². The van der Waals surface area contributed by atoms with Gasteiger partial charge in [0.05, 0.1) is 18.9 Å². The quantitative estimate of drug-likeness (QED) is 0.533. The Balaban J connectivity index is 1.73. The van der Waals surface area contributed by atoms with Crippen LogP contribution >= 0.6 is 0 Å². The van der Waals surface area contributed by atoms with Gasteiger partial charge in [0.25, 0.3) is 5.91 Å². The molecule has 1 aromatic carbocycles. The SMILES string of the molecule is CN(CCC#N)C(=O)COC(=O)CCC(=O)c1ccc2c(c1)CCC2. The molecule has 0 unspecified atom stereocenters. The molecule has 1 amide bonds. The molecule has 0 spiro atoms. The molecule has 1 aliphatic rings. The van der Waals surface area contributed by atoms with Crippen molar-refractivity contribution in [3.8, 4) is 6.07 Å². The summed E-state index contributed by atoms with van der Waals surface area (Å²) in [6, 6.07) is 7.66. The number of rotatable bonds is 8. The summed E-state index contributed by atoms with van der Waals surface area (Å²) in [5.74, 6) is -1.03. The predicted octanol–water partition coefficient (Wildman–Crippen LogP) is 2.05. The number of carbonyl (C=O) groups is 3. The number of nitrogens with zero attached hydrogens (tertiary/aromatic N) is 2. The van der Waals surface area contributed by atoms with Gasteiger partial charge in [0.15, 0.2) is 12.4 Å². The van der Waals surface area contributed by atoms with Gasteiger partial charge < -0.3 is 9.64 Å². The highest BCUT2D eigenvalue weighted by Gasteiger charge is 2.16. The number of benzene rings is 1. The Labute approximate surface area is 147 Å². The topological polar surface area (TPSA) is 87.5 Å². The van der Waals surface area contributed by atoms with E-state index in [2.05, 4.69) is 0 Å². The lowest BCUT2D eigenvalue weighted by atomic mass is 10.0. The van der Waals surface area contributed by atoms with E-state index in [1.165, 1.54) is 16.0 Å².